The van der Waals surface area contributed by atoms with E-state index in [-0.39, 0.29) is 16.9 Å². The van der Waals surface area contributed by atoms with Gasteiger partial charge >= 0.3 is 0 Å². The zero-order valence-corrected chi connectivity index (χ0v) is 11.5. The van der Waals surface area contributed by atoms with Crippen molar-refractivity contribution in [3.8, 4) is 5.69 Å². The highest BCUT2D eigenvalue weighted by atomic mass is 35.5. The van der Waals surface area contributed by atoms with Crippen LogP contribution in [0.25, 0.3) is 5.69 Å². The molecule has 0 spiro atoms. The van der Waals surface area contributed by atoms with Crippen LogP contribution in [0.15, 0.2) is 24.3 Å². The van der Waals surface area contributed by atoms with Crippen LogP contribution in [0.5, 0.6) is 0 Å². The molecule has 1 heterocycles. The van der Waals surface area contributed by atoms with Crippen molar-refractivity contribution in [1.82, 2.24) is 4.57 Å². The lowest BCUT2D eigenvalue weighted by molar-refractivity contribution is 0.559. The number of halogens is 2. The number of fused-ring (bicyclic) bond motifs is 1. The van der Waals surface area contributed by atoms with Gasteiger partial charge in [-0.25, -0.2) is 4.39 Å². The lowest BCUT2D eigenvalue weighted by Crippen LogP contribution is -2.18. The Bertz CT molecular complexity index is 633. The summed E-state index contributed by atoms with van der Waals surface area (Å²) in [5.74, 6) is -0.388. The molecule has 0 bridgehead atoms. The van der Waals surface area contributed by atoms with E-state index in [1.54, 1.807) is 6.07 Å². The van der Waals surface area contributed by atoms with E-state index in [0.717, 1.165) is 30.6 Å². The van der Waals surface area contributed by atoms with E-state index in [9.17, 15) is 4.39 Å². The Kier molecular flexibility index (Phi) is 3.11. The molecular formula is C15H16ClFN2. The third-order valence-electron chi connectivity index (χ3n) is 3.81. The van der Waals surface area contributed by atoms with Crippen molar-refractivity contribution in [3.63, 3.8) is 0 Å². The Hall–Kier alpha value is -1.32. The molecule has 0 amide bonds. The minimum Gasteiger partial charge on any atom is -0.324 e. The molecule has 2 aromatic rings. The molecule has 0 radical (unpaired) electrons. The molecule has 0 saturated heterocycles. The first kappa shape index (κ1) is 12.7. The SMILES string of the molecule is Cc1cc2c(n1-c1ccc(Cl)c(F)c1)CCCC2N. The maximum atomic E-state index is 13.6. The van der Waals surface area contributed by atoms with Crippen LogP contribution in [0.1, 0.15) is 35.8 Å². The summed E-state index contributed by atoms with van der Waals surface area (Å²) in [6, 6.07) is 7.14. The Morgan fingerprint density at radius 1 is 1.37 bits per heavy atom. The molecule has 1 aliphatic rings. The highest BCUT2D eigenvalue weighted by Gasteiger charge is 2.22. The number of rotatable bonds is 1. The predicted molar refractivity (Wildman–Crippen MR) is 75.3 cm³/mol. The monoisotopic (exact) mass is 278 g/mol. The fourth-order valence-corrected chi connectivity index (χ4v) is 3.04. The van der Waals surface area contributed by atoms with E-state index in [4.69, 9.17) is 17.3 Å². The first-order chi connectivity index (χ1) is 9.08. The van der Waals surface area contributed by atoms with E-state index in [1.165, 1.54) is 17.3 Å². The van der Waals surface area contributed by atoms with Crippen LogP contribution >= 0.6 is 11.6 Å². The van der Waals surface area contributed by atoms with Crippen molar-refractivity contribution in [1.29, 1.82) is 0 Å². The lowest BCUT2D eigenvalue weighted by Gasteiger charge is -2.21. The van der Waals surface area contributed by atoms with Gasteiger partial charge in [0.2, 0.25) is 0 Å². The molecule has 2 nitrogen and oxygen atoms in total. The number of nitrogens with zero attached hydrogens (tertiary/aromatic N) is 1. The molecule has 1 unspecified atom stereocenters. The molecule has 1 atom stereocenters. The standard InChI is InChI=1S/C15H16ClFN2/c1-9-7-11-14(18)3-2-4-15(11)19(9)10-5-6-12(16)13(17)8-10/h5-8,14H,2-4,18H2,1H3. The predicted octanol–water partition coefficient (Wildman–Crippen LogP) is 3.91. The van der Waals surface area contributed by atoms with E-state index >= 15 is 0 Å². The average molecular weight is 279 g/mol. The van der Waals surface area contributed by atoms with Gasteiger partial charge in [-0.2, -0.15) is 0 Å². The second-order valence-electron chi connectivity index (χ2n) is 5.12. The topological polar surface area (TPSA) is 30.9 Å². The number of aryl methyl sites for hydroxylation is 1. The molecule has 100 valence electrons. The van der Waals surface area contributed by atoms with Gasteiger partial charge in [-0.05, 0) is 56.0 Å². The van der Waals surface area contributed by atoms with Gasteiger partial charge in [0.1, 0.15) is 5.82 Å². The Morgan fingerprint density at radius 2 is 2.16 bits per heavy atom. The Balaban J connectivity index is 2.17. The summed E-state index contributed by atoms with van der Waals surface area (Å²) in [5, 5.41) is 0.152. The third-order valence-corrected chi connectivity index (χ3v) is 4.12. The van der Waals surface area contributed by atoms with Crippen molar-refractivity contribution < 1.29 is 4.39 Å². The van der Waals surface area contributed by atoms with Crippen LogP contribution in [0.3, 0.4) is 0 Å². The lowest BCUT2D eigenvalue weighted by atomic mass is 9.93. The molecule has 4 heteroatoms. The van der Waals surface area contributed by atoms with Gasteiger partial charge in [-0.15, -0.1) is 0 Å². The molecule has 0 fully saturated rings. The number of nitrogens with two attached hydrogens (primary N) is 1. The maximum Gasteiger partial charge on any atom is 0.143 e. The molecule has 1 aliphatic carbocycles. The van der Waals surface area contributed by atoms with Gasteiger partial charge < -0.3 is 10.3 Å². The van der Waals surface area contributed by atoms with Crippen LogP contribution in [0.4, 0.5) is 4.39 Å². The van der Waals surface area contributed by atoms with Crippen LogP contribution in [0.2, 0.25) is 5.02 Å². The first-order valence-corrected chi connectivity index (χ1v) is 6.88. The number of hydrogen-bond acceptors (Lipinski definition) is 1. The van der Waals surface area contributed by atoms with Crippen LogP contribution in [-0.2, 0) is 6.42 Å². The van der Waals surface area contributed by atoms with Gasteiger partial charge in [-0.3, -0.25) is 0 Å². The van der Waals surface area contributed by atoms with E-state index in [2.05, 4.69) is 10.6 Å². The molecule has 3 rings (SSSR count). The van der Waals surface area contributed by atoms with Crippen molar-refractivity contribution in [2.24, 2.45) is 5.73 Å². The largest absolute Gasteiger partial charge is 0.324 e. The first-order valence-electron chi connectivity index (χ1n) is 6.50. The fourth-order valence-electron chi connectivity index (χ4n) is 2.92. The summed E-state index contributed by atoms with van der Waals surface area (Å²) in [4.78, 5) is 0. The van der Waals surface area contributed by atoms with Crippen LogP contribution < -0.4 is 5.73 Å². The molecule has 0 saturated carbocycles. The quantitative estimate of drug-likeness (QED) is 0.842. The van der Waals surface area contributed by atoms with E-state index in [0.29, 0.717) is 0 Å². The molecule has 1 aromatic carbocycles. The van der Waals surface area contributed by atoms with Crippen molar-refractivity contribution in [2.75, 3.05) is 0 Å². The highest BCUT2D eigenvalue weighted by molar-refractivity contribution is 6.30. The fraction of sp³-hybridized carbons (Fsp3) is 0.333. The molecule has 19 heavy (non-hydrogen) atoms. The summed E-state index contributed by atoms with van der Waals surface area (Å²) in [5.41, 5.74) is 10.5. The van der Waals surface area contributed by atoms with Crippen molar-refractivity contribution in [2.45, 2.75) is 32.2 Å². The average Bonchev–Trinajstić information content (AvgIpc) is 2.71. The van der Waals surface area contributed by atoms with Gasteiger partial charge in [0.05, 0.1) is 5.02 Å². The van der Waals surface area contributed by atoms with Crippen LogP contribution in [0, 0.1) is 12.7 Å². The minimum absolute atomic E-state index is 0.0980. The van der Waals surface area contributed by atoms with Crippen LogP contribution in [-0.4, -0.2) is 4.57 Å². The summed E-state index contributed by atoms with van der Waals surface area (Å²) in [7, 11) is 0. The van der Waals surface area contributed by atoms with Gasteiger partial charge in [-0.1, -0.05) is 11.6 Å². The smallest absolute Gasteiger partial charge is 0.143 e. The summed E-state index contributed by atoms with van der Waals surface area (Å²) in [6.07, 6.45) is 3.08. The minimum atomic E-state index is -0.388. The number of benzene rings is 1. The van der Waals surface area contributed by atoms with Crippen molar-refractivity contribution in [3.05, 3.63) is 52.1 Å². The molecule has 1 aromatic heterocycles. The highest BCUT2D eigenvalue weighted by Crippen LogP contribution is 2.33. The number of aromatic nitrogens is 1. The number of hydrogen-bond donors (Lipinski definition) is 1. The van der Waals surface area contributed by atoms with Crippen molar-refractivity contribution >= 4 is 11.6 Å². The second kappa shape index (κ2) is 4.66. The van der Waals surface area contributed by atoms with E-state index < -0.39 is 0 Å². The van der Waals surface area contributed by atoms with Gasteiger partial charge in [0.15, 0.2) is 0 Å². The third kappa shape index (κ3) is 2.07. The summed E-state index contributed by atoms with van der Waals surface area (Å²) in [6.45, 7) is 2.03. The zero-order valence-electron chi connectivity index (χ0n) is 10.8. The Labute approximate surface area is 117 Å². The molecule has 2 N–H and O–H groups in total. The molecule has 0 aliphatic heterocycles. The maximum absolute atomic E-state index is 13.6. The summed E-state index contributed by atoms with van der Waals surface area (Å²) < 4.78 is 15.7. The van der Waals surface area contributed by atoms with Gasteiger partial charge in [0, 0.05) is 23.1 Å². The zero-order chi connectivity index (χ0) is 13.6. The Morgan fingerprint density at radius 3 is 2.89 bits per heavy atom. The second-order valence-corrected chi connectivity index (χ2v) is 5.53. The van der Waals surface area contributed by atoms with Gasteiger partial charge in [0.25, 0.3) is 0 Å². The van der Waals surface area contributed by atoms with E-state index in [1.807, 2.05) is 13.0 Å². The molecular weight excluding hydrogens is 263 g/mol. The normalized spacial score (nSPS) is 18.4. The summed E-state index contributed by atoms with van der Waals surface area (Å²) >= 11 is 5.74.